The largest absolute Gasteiger partial charge is 0.481 e. The summed E-state index contributed by atoms with van der Waals surface area (Å²) in [7, 11) is 0. The summed E-state index contributed by atoms with van der Waals surface area (Å²) in [6, 6.07) is 5.99. The lowest BCUT2D eigenvalue weighted by atomic mass is 9.87. The maximum atomic E-state index is 12.5. The summed E-state index contributed by atoms with van der Waals surface area (Å²) in [6.45, 7) is 1.21. The van der Waals surface area contributed by atoms with Crippen molar-refractivity contribution in [3.8, 4) is 0 Å². The number of amides is 3. The Labute approximate surface area is 164 Å². The van der Waals surface area contributed by atoms with Crippen LogP contribution in [-0.2, 0) is 32.1 Å². The SMILES string of the molecule is O=C(O)CCCCCC(=O)N1CCc2ccc(C3CCC(=O)NC3=O)cc2C1. The molecule has 0 saturated carbocycles. The minimum atomic E-state index is -0.800. The molecule has 1 aromatic carbocycles. The summed E-state index contributed by atoms with van der Waals surface area (Å²) >= 11 is 0. The number of fused-ring (bicyclic) bond motifs is 1. The molecule has 3 amide bonds. The molecule has 0 aliphatic carbocycles. The van der Waals surface area contributed by atoms with Gasteiger partial charge < -0.3 is 10.0 Å². The number of imide groups is 1. The van der Waals surface area contributed by atoms with Crippen LogP contribution in [0.15, 0.2) is 18.2 Å². The van der Waals surface area contributed by atoms with Crippen LogP contribution in [-0.4, -0.2) is 40.2 Å². The molecular weight excluding hydrogens is 360 g/mol. The molecule has 2 aliphatic rings. The van der Waals surface area contributed by atoms with E-state index in [4.69, 9.17) is 5.11 Å². The first-order chi connectivity index (χ1) is 13.4. The van der Waals surface area contributed by atoms with Crippen molar-refractivity contribution in [3.63, 3.8) is 0 Å². The summed E-state index contributed by atoms with van der Waals surface area (Å²) in [5.41, 5.74) is 3.15. The van der Waals surface area contributed by atoms with Gasteiger partial charge in [-0.1, -0.05) is 24.6 Å². The molecular formula is C21H26N2O5. The average molecular weight is 386 g/mol. The van der Waals surface area contributed by atoms with Gasteiger partial charge in [-0.2, -0.15) is 0 Å². The number of hydrogen-bond acceptors (Lipinski definition) is 4. The van der Waals surface area contributed by atoms with Crippen LogP contribution in [0.1, 0.15) is 67.6 Å². The number of carbonyl (C=O) groups excluding carboxylic acids is 3. The molecule has 0 bridgehead atoms. The van der Waals surface area contributed by atoms with E-state index in [9.17, 15) is 19.2 Å². The van der Waals surface area contributed by atoms with Crippen molar-refractivity contribution >= 4 is 23.7 Å². The number of carboxylic acids is 1. The van der Waals surface area contributed by atoms with E-state index < -0.39 is 5.97 Å². The molecule has 1 aromatic rings. The van der Waals surface area contributed by atoms with Crippen molar-refractivity contribution in [2.75, 3.05) is 6.54 Å². The van der Waals surface area contributed by atoms with E-state index in [0.29, 0.717) is 45.2 Å². The molecule has 2 aliphatic heterocycles. The molecule has 7 nitrogen and oxygen atoms in total. The minimum absolute atomic E-state index is 0.0902. The minimum Gasteiger partial charge on any atom is -0.481 e. The molecule has 3 rings (SSSR count). The van der Waals surface area contributed by atoms with Gasteiger partial charge >= 0.3 is 5.97 Å². The van der Waals surface area contributed by atoms with Crippen LogP contribution in [0.3, 0.4) is 0 Å². The van der Waals surface area contributed by atoms with E-state index in [1.165, 1.54) is 5.56 Å². The van der Waals surface area contributed by atoms with Gasteiger partial charge in [0.1, 0.15) is 0 Å². The zero-order valence-electron chi connectivity index (χ0n) is 15.9. The molecule has 0 aromatic heterocycles. The van der Waals surface area contributed by atoms with Crippen molar-refractivity contribution in [2.24, 2.45) is 0 Å². The first kappa shape index (κ1) is 20.0. The number of nitrogens with zero attached hydrogens (tertiary/aromatic N) is 1. The van der Waals surface area contributed by atoms with Crippen molar-refractivity contribution in [3.05, 3.63) is 34.9 Å². The van der Waals surface area contributed by atoms with E-state index in [1.807, 2.05) is 23.1 Å². The normalized spacial score (nSPS) is 19.1. The van der Waals surface area contributed by atoms with Gasteiger partial charge in [0, 0.05) is 32.4 Å². The monoisotopic (exact) mass is 386 g/mol. The van der Waals surface area contributed by atoms with Crippen LogP contribution in [0.5, 0.6) is 0 Å². The number of carboxylic acid groups (broad SMARTS) is 1. The molecule has 1 saturated heterocycles. The van der Waals surface area contributed by atoms with Gasteiger partial charge in [0.25, 0.3) is 0 Å². The second kappa shape index (κ2) is 8.99. The van der Waals surface area contributed by atoms with Gasteiger partial charge in [-0.25, -0.2) is 0 Å². The third-order valence-electron chi connectivity index (χ3n) is 5.52. The van der Waals surface area contributed by atoms with Crippen LogP contribution in [0.4, 0.5) is 0 Å². The second-order valence-electron chi connectivity index (χ2n) is 7.55. The Hall–Kier alpha value is -2.70. The number of hydrogen-bond donors (Lipinski definition) is 2. The lowest BCUT2D eigenvalue weighted by molar-refractivity contribution is -0.137. The topological polar surface area (TPSA) is 104 Å². The molecule has 0 radical (unpaired) electrons. The number of unbranched alkanes of at least 4 members (excludes halogenated alkanes) is 2. The summed E-state index contributed by atoms with van der Waals surface area (Å²) < 4.78 is 0. The summed E-state index contributed by atoms with van der Waals surface area (Å²) in [5.74, 6) is -1.50. The lowest BCUT2D eigenvalue weighted by Gasteiger charge is -2.30. The molecule has 7 heteroatoms. The molecule has 1 atom stereocenters. The number of carbonyl (C=O) groups is 4. The van der Waals surface area contributed by atoms with Gasteiger partial charge in [-0.05, 0) is 42.4 Å². The van der Waals surface area contributed by atoms with E-state index in [0.717, 1.165) is 24.0 Å². The summed E-state index contributed by atoms with van der Waals surface area (Å²) in [4.78, 5) is 48.3. The summed E-state index contributed by atoms with van der Waals surface area (Å²) in [5, 5.41) is 11.0. The number of nitrogens with one attached hydrogen (secondary N) is 1. The molecule has 2 N–H and O–H groups in total. The lowest BCUT2D eigenvalue weighted by Crippen LogP contribution is -2.39. The smallest absolute Gasteiger partial charge is 0.303 e. The van der Waals surface area contributed by atoms with E-state index in [-0.39, 0.29) is 30.1 Å². The fraction of sp³-hybridized carbons (Fsp3) is 0.524. The Morgan fingerprint density at radius 3 is 2.61 bits per heavy atom. The Kier molecular flexibility index (Phi) is 6.44. The zero-order chi connectivity index (χ0) is 20.1. The van der Waals surface area contributed by atoms with Crippen LogP contribution in [0.2, 0.25) is 0 Å². The zero-order valence-corrected chi connectivity index (χ0v) is 15.9. The van der Waals surface area contributed by atoms with Crippen molar-refractivity contribution in [2.45, 2.75) is 63.8 Å². The molecule has 1 unspecified atom stereocenters. The average Bonchev–Trinajstić information content (AvgIpc) is 2.66. The number of aliphatic carboxylic acids is 1. The van der Waals surface area contributed by atoms with E-state index >= 15 is 0 Å². The van der Waals surface area contributed by atoms with Crippen LogP contribution >= 0.6 is 0 Å². The number of piperidine rings is 1. The fourth-order valence-corrected chi connectivity index (χ4v) is 3.91. The number of rotatable bonds is 7. The standard InChI is InChI=1S/C21H26N2O5/c24-18-9-8-17(21(28)22-18)15-7-6-14-10-11-23(13-16(14)12-15)19(25)4-2-1-3-5-20(26)27/h6-7,12,17H,1-5,8-11,13H2,(H,26,27)(H,22,24,28). The van der Waals surface area contributed by atoms with Gasteiger partial charge in [0.2, 0.25) is 17.7 Å². The fourth-order valence-electron chi connectivity index (χ4n) is 3.91. The highest BCUT2D eigenvalue weighted by Crippen LogP contribution is 2.29. The van der Waals surface area contributed by atoms with Crippen LogP contribution in [0.25, 0.3) is 0 Å². The van der Waals surface area contributed by atoms with Crippen molar-refractivity contribution in [1.82, 2.24) is 10.2 Å². The highest BCUT2D eigenvalue weighted by Gasteiger charge is 2.29. The predicted octanol–water partition coefficient (Wildman–Crippen LogP) is 2.13. The highest BCUT2D eigenvalue weighted by molar-refractivity contribution is 6.00. The predicted molar refractivity (Wildman–Crippen MR) is 101 cm³/mol. The Morgan fingerprint density at radius 2 is 1.86 bits per heavy atom. The molecule has 28 heavy (non-hydrogen) atoms. The van der Waals surface area contributed by atoms with E-state index in [1.54, 1.807) is 0 Å². The second-order valence-corrected chi connectivity index (χ2v) is 7.55. The highest BCUT2D eigenvalue weighted by atomic mass is 16.4. The Balaban J connectivity index is 1.57. The number of benzene rings is 1. The maximum Gasteiger partial charge on any atom is 0.303 e. The van der Waals surface area contributed by atoms with Crippen LogP contribution < -0.4 is 5.32 Å². The first-order valence-corrected chi connectivity index (χ1v) is 9.89. The maximum absolute atomic E-state index is 12.5. The third kappa shape index (κ3) is 4.97. The van der Waals surface area contributed by atoms with Crippen molar-refractivity contribution in [1.29, 1.82) is 0 Å². The Morgan fingerprint density at radius 1 is 1.07 bits per heavy atom. The van der Waals surface area contributed by atoms with Gasteiger partial charge in [0.05, 0.1) is 5.92 Å². The molecule has 2 heterocycles. The van der Waals surface area contributed by atoms with Gasteiger partial charge in [-0.15, -0.1) is 0 Å². The molecule has 0 spiro atoms. The first-order valence-electron chi connectivity index (χ1n) is 9.89. The molecule has 1 fully saturated rings. The third-order valence-corrected chi connectivity index (χ3v) is 5.52. The van der Waals surface area contributed by atoms with Gasteiger partial charge in [-0.3, -0.25) is 24.5 Å². The van der Waals surface area contributed by atoms with Crippen molar-refractivity contribution < 1.29 is 24.3 Å². The van der Waals surface area contributed by atoms with Gasteiger partial charge in [0.15, 0.2) is 0 Å². The quantitative estimate of drug-likeness (QED) is 0.552. The summed E-state index contributed by atoms with van der Waals surface area (Å²) in [6.07, 6.45) is 4.27. The van der Waals surface area contributed by atoms with E-state index in [2.05, 4.69) is 5.32 Å². The van der Waals surface area contributed by atoms with Crippen LogP contribution in [0, 0.1) is 0 Å². The Bertz CT molecular complexity index is 789. The molecule has 150 valence electrons.